The monoisotopic (exact) mass is 456 g/mol. The molecule has 0 radical (unpaired) electrons. The van der Waals surface area contributed by atoms with Crippen molar-refractivity contribution in [1.82, 2.24) is 0 Å². The predicted octanol–water partition coefficient (Wildman–Crippen LogP) is 6.09. The first-order valence-electron chi connectivity index (χ1n) is 13.3. The fourth-order valence-electron chi connectivity index (χ4n) is 3.64. The van der Waals surface area contributed by atoms with Crippen LogP contribution in [0.2, 0.25) is 0 Å². The number of carbonyl (C=O) groups excluding carboxylic acids is 1. The number of aliphatic hydroxyl groups excluding tert-OH is 3. The number of unbranched alkanes of at least 4 members (excludes halogenated alkanes) is 15. The minimum absolute atomic E-state index is 0.149. The summed E-state index contributed by atoms with van der Waals surface area (Å²) in [7, 11) is 0. The van der Waals surface area contributed by atoms with Crippen molar-refractivity contribution in [2.45, 2.75) is 122 Å². The molecule has 0 saturated carbocycles. The molecule has 0 atom stereocenters. The molecule has 0 aliphatic carbocycles. The molecule has 0 unspecified atom stereocenters. The second kappa shape index (κ2) is 23.3. The molecule has 0 aromatic heterocycles. The Hall–Kier alpha value is -0.910. The predicted molar refractivity (Wildman–Crippen MR) is 133 cm³/mol. The van der Waals surface area contributed by atoms with E-state index in [1.54, 1.807) is 0 Å². The van der Waals surface area contributed by atoms with E-state index < -0.39 is 25.2 Å². The Morgan fingerprint density at radius 2 is 1.06 bits per heavy atom. The van der Waals surface area contributed by atoms with Crippen molar-refractivity contribution in [3.8, 4) is 0 Å². The summed E-state index contributed by atoms with van der Waals surface area (Å²) in [4.78, 5) is 11.7. The minimum atomic E-state index is -1.14. The zero-order valence-corrected chi connectivity index (χ0v) is 20.9. The van der Waals surface area contributed by atoms with Gasteiger partial charge in [0, 0.05) is 6.42 Å². The zero-order chi connectivity index (χ0) is 23.8. The third kappa shape index (κ3) is 18.6. The van der Waals surface area contributed by atoms with Crippen LogP contribution in [0, 0.1) is 5.41 Å². The van der Waals surface area contributed by atoms with Gasteiger partial charge in [0.15, 0.2) is 0 Å². The highest BCUT2D eigenvalue weighted by atomic mass is 16.5. The maximum atomic E-state index is 11.7. The Morgan fingerprint density at radius 1 is 0.656 bits per heavy atom. The number of ether oxygens (including phenoxy) is 1. The molecule has 0 rings (SSSR count). The van der Waals surface area contributed by atoms with Crippen molar-refractivity contribution in [2.75, 3.05) is 26.4 Å². The highest BCUT2D eigenvalue weighted by Crippen LogP contribution is 2.16. The Kier molecular flexibility index (Phi) is 22.6. The zero-order valence-electron chi connectivity index (χ0n) is 20.9. The molecule has 0 aromatic rings. The van der Waals surface area contributed by atoms with Crippen LogP contribution in [0.25, 0.3) is 0 Å². The molecule has 3 N–H and O–H groups in total. The van der Waals surface area contributed by atoms with Crippen LogP contribution in [0.4, 0.5) is 0 Å². The van der Waals surface area contributed by atoms with E-state index in [4.69, 9.17) is 4.74 Å². The van der Waals surface area contributed by atoms with Gasteiger partial charge in [0.05, 0.1) is 25.2 Å². The van der Waals surface area contributed by atoms with Gasteiger partial charge in [-0.2, -0.15) is 0 Å². The fourth-order valence-corrected chi connectivity index (χ4v) is 3.64. The van der Waals surface area contributed by atoms with Crippen LogP contribution >= 0.6 is 0 Å². The molecule has 5 heteroatoms. The van der Waals surface area contributed by atoms with Crippen LogP contribution in [0.3, 0.4) is 0 Å². The average molecular weight is 457 g/mol. The van der Waals surface area contributed by atoms with Gasteiger partial charge in [-0.25, -0.2) is 0 Å². The first-order valence-corrected chi connectivity index (χ1v) is 13.3. The summed E-state index contributed by atoms with van der Waals surface area (Å²) < 4.78 is 5.09. The standard InChI is InChI=1S/C27H52O5/c1-2-3-4-5-6-7-8-9-10-11-12-13-14-15-16-17-18-19-20-21-26(31)32-25-27(22-28,23-29)24-30/h9-10,28-30H,2-8,11-25H2,1H3. The van der Waals surface area contributed by atoms with Crippen molar-refractivity contribution in [2.24, 2.45) is 5.41 Å². The Balaban J connectivity index is 3.36. The molecule has 5 nitrogen and oxygen atoms in total. The smallest absolute Gasteiger partial charge is 0.305 e. The molecular formula is C27H52O5. The van der Waals surface area contributed by atoms with Gasteiger partial charge in [0.25, 0.3) is 0 Å². The first kappa shape index (κ1) is 31.1. The van der Waals surface area contributed by atoms with Gasteiger partial charge < -0.3 is 20.1 Å². The van der Waals surface area contributed by atoms with E-state index in [-0.39, 0.29) is 12.6 Å². The van der Waals surface area contributed by atoms with E-state index in [0.29, 0.717) is 6.42 Å². The second-order valence-electron chi connectivity index (χ2n) is 9.38. The molecule has 0 bridgehead atoms. The number of hydrogen-bond acceptors (Lipinski definition) is 5. The molecule has 0 saturated heterocycles. The number of aliphatic hydroxyl groups is 3. The maximum absolute atomic E-state index is 11.7. The Labute approximate surface area is 197 Å². The summed E-state index contributed by atoms with van der Waals surface area (Å²) in [6.07, 6.45) is 26.5. The summed E-state index contributed by atoms with van der Waals surface area (Å²) in [5.74, 6) is -0.328. The molecule has 0 fully saturated rings. The molecule has 0 aromatic carbocycles. The van der Waals surface area contributed by atoms with E-state index in [9.17, 15) is 20.1 Å². The van der Waals surface area contributed by atoms with Crippen LogP contribution in [0.15, 0.2) is 12.2 Å². The molecule has 0 spiro atoms. The molecule has 0 heterocycles. The lowest BCUT2D eigenvalue weighted by Crippen LogP contribution is -2.39. The van der Waals surface area contributed by atoms with Crippen LogP contribution in [-0.2, 0) is 9.53 Å². The fraction of sp³-hybridized carbons (Fsp3) is 0.889. The summed E-state index contributed by atoms with van der Waals surface area (Å²) in [5, 5.41) is 27.7. The molecule has 32 heavy (non-hydrogen) atoms. The highest BCUT2D eigenvalue weighted by molar-refractivity contribution is 5.69. The second-order valence-corrected chi connectivity index (χ2v) is 9.38. The van der Waals surface area contributed by atoms with E-state index in [1.807, 2.05) is 0 Å². The van der Waals surface area contributed by atoms with Crippen molar-refractivity contribution >= 4 is 5.97 Å². The molecule has 0 amide bonds. The van der Waals surface area contributed by atoms with Gasteiger partial charge in [-0.1, -0.05) is 96.1 Å². The lowest BCUT2D eigenvalue weighted by molar-refractivity contribution is -0.151. The summed E-state index contributed by atoms with van der Waals surface area (Å²) >= 11 is 0. The van der Waals surface area contributed by atoms with Gasteiger partial charge in [-0.15, -0.1) is 0 Å². The Bertz CT molecular complexity index is 423. The number of carbonyl (C=O) groups is 1. The maximum Gasteiger partial charge on any atom is 0.305 e. The third-order valence-electron chi connectivity index (χ3n) is 6.19. The first-order chi connectivity index (χ1) is 15.6. The normalized spacial score (nSPS) is 12.0. The van der Waals surface area contributed by atoms with E-state index in [1.165, 1.54) is 89.9 Å². The van der Waals surface area contributed by atoms with Crippen molar-refractivity contribution < 1.29 is 24.9 Å². The van der Waals surface area contributed by atoms with Crippen LogP contribution in [0.1, 0.15) is 122 Å². The summed E-state index contributed by atoms with van der Waals surface area (Å²) in [5.41, 5.74) is -1.14. The number of rotatable bonds is 24. The van der Waals surface area contributed by atoms with E-state index >= 15 is 0 Å². The van der Waals surface area contributed by atoms with Gasteiger partial charge in [0.1, 0.15) is 6.61 Å². The van der Waals surface area contributed by atoms with Gasteiger partial charge in [-0.05, 0) is 32.1 Å². The topological polar surface area (TPSA) is 87.0 Å². The summed E-state index contributed by atoms with van der Waals surface area (Å²) in [6.45, 7) is 0.875. The quantitative estimate of drug-likeness (QED) is 0.0929. The average Bonchev–Trinajstić information content (AvgIpc) is 2.82. The third-order valence-corrected chi connectivity index (χ3v) is 6.19. The molecule has 0 aliphatic rings. The molecular weight excluding hydrogens is 404 g/mol. The SMILES string of the molecule is CCCCCCCCC=CCCCCCCCCCCCC(=O)OCC(CO)(CO)CO. The van der Waals surface area contributed by atoms with Crippen molar-refractivity contribution in [3.63, 3.8) is 0 Å². The number of esters is 1. The largest absolute Gasteiger partial charge is 0.465 e. The van der Waals surface area contributed by atoms with E-state index in [0.717, 1.165) is 19.3 Å². The van der Waals surface area contributed by atoms with Crippen LogP contribution in [-0.4, -0.2) is 47.7 Å². The number of allylic oxidation sites excluding steroid dienone is 2. The van der Waals surface area contributed by atoms with E-state index in [2.05, 4.69) is 19.1 Å². The molecule has 190 valence electrons. The summed E-state index contributed by atoms with van der Waals surface area (Å²) in [6, 6.07) is 0. The van der Waals surface area contributed by atoms with Crippen molar-refractivity contribution in [3.05, 3.63) is 12.2 Å². The van der Waals surface area contributed by atoms with Crippen LogP contribution in [0.5, 0.6) is 0 Å². The highest BCUT2D eigenvalue weighted by Gasteiger charge is 2.29. The van der Waals surface area contributed by atoms with Gasteiger partial charge in [0.2, 0.25) is 0 Å². The van der Waals surface area contributed by atoms with Gasteiger partial charge >= 0.3 is 5.97 Å². The molecule has 0 aliphatic heterocycles. The van der Waals surface area contributed by atoms with Crippen LogP contribution < -0.4 is 0 Å². The van der Waals surface area contributed by atoms with Gasteiger partial charge in [-0.3, -0.25) is 4.79 Å². The lowest BCUT2D eigenvalue weighted by Gasteiger charge is -2.26. The number of hydrogen-bond donors (Lipinski definition) is 3. The van der Waals surface area contributed by atoms with Crippen molar-refractivity contribution in [1.29, 1.82) is 0 Å². The Morgan fingerprint density at radius 3 is 1.50 bits per heavy atom. The lowest BCUT2D eigenvalue weighted by atomic mass is 9.93. The minimum Gasteiger partial charge on any atom is -0.465 e.